The van der Waals surface area contributed by atoms with Gasteiger partial charge in [0, 0.05) is 15.6 Å². The molecule has 4 rings (SSSR count). The maximum absolute atomic E-state index is 12.6. The molecule has 0 aliphatic heterocycles. The van der Waals surface area contributed by atoms with E-state index >= 15 is 0 Å². The summed E-state index contributed by atoms with van der Waals surface area (Å²) in [6.45, 7) is 2.47. The molecule has 0 spiro atoms. The monoisotopic (exact) mass is 576 g/mol. The maximum Gasteiger partial charge on any atom is 0.345 e. The van der Waals surface area contributed by atoms with Gasteiger partial charge in [-0.05, 0) is 67.1 Å². The van der Waals surface area contributed by atoms with Gasteiger partial charge in [0.25, 0.3) is 5.91 Å². The van der Waals surface area contributed by atoms with Gasteiger partial charge in [0.1, 0.15) is 18.1 Å². The first-order valence-electron chi connectivity index (χ1n) is 11.3. The molecule has 0 saturated carbocycles. The van der Waals surface area contributed by atoms with Crippen LogP contribution in [0.3, 0.4) is 0 Å². The molecule has 0 aromatic heterocycles. The number of rotatable bonds is 8. The Kier molecular flexibility index (Phi) is 8.72. The molecule has 0 unspecified atom stereocenters. The van der Waals surface area contributed by atoms with E-state index in [0.717, 1.165) is 10.0 Å². The summed E-state index contributed by atoms with van der Waals surface area (Å²) < 4.78 is 12.1. The normalized spacial score (nSPS) is 10.8. The number of carbonyl (C=O) groups excluding carboxylic acids is 2. The van der Waals surface area contributed by atoms with Gasteiger partial charge in [0.2, 0.25) is 0 Å². The fourth-order valence-corrected chi connectivity index (χ4v) is 3.86. The Morgan fingerprint density at radius 3 is 2.43 bits per heavy atom. The molecule has 0 fully saturated rings. The minimum Gasteiger partial charge on any atom is -0.489 e. The number of nitrogens with zero attached hydrogens (tertiary/aromatic N) is 1. The fraction of sp³-hybridized carbons (Fsp3) is 0.0690. The van der Waals surface area contributed by atoms with Gasteiger partial charge >= 0.3 is 5.97 Å². The highest BCUT2D eigenvalue weighted by Gasteiger charge is 2.14. The number of hydrogen-bond donors (Lipinski definition) is 1. The third-order valence-electron chi connectivity index (χ3n) is 5.28. The Labute approximate surface area is 228 Å². The first-order chi connectivity index (χ1) is 17.9. The molecule has 0 aliphatic rings. The molecule has 37 heavy (non-hydrogen) atoms. The molecular weight excluding hydrogens is 556 g/mol. The number of hydrazone groups is 1. The SMILES string of the molecule is Cc1ccc(COc2ccc(C(=O)N/N=C\c3cc(Br)ccc3OC(=O)c3ccccc3Cl)cc2)cc1. The number of nitrogens with one attached hydrogen (secondary N) is 1. The lowest BCUT2D eigenvalue weighted by Gasteiger charge is -2.09. The minimum atomic E-state index is -0.601. The van der Waals surface area contributed by atoms with E-state index in [1.165, 1.54) is 11.8 Å². The number of esters is 1. The molecular formula is C29H22BrClN2O4. The van der Waals surface area contributed by atoms with Crippen LogP contribution in [0.2, 0.25) is 5.02 Å². The van der Waals surface area contributed by atoms with Crippen molar-refractivity contribution < 1.29 is 19.1 Å². The third-order valence-corrected chi connectivity index (χ3v) is 6.10. The number of halogens is 2. The number of benzene rings is 4. The summed E-state index contributed by atoms with van der Waals surface area (Å²) in [4.78, 5) is 25.1. The second-order valence-electron chi connectivity index (χ2n) is 8.05. The Hall–Kier alpha value is -3.94. The summed E-state index contributed by atoms with van der Waals surface area (Å²) in [5.74, 6) is -0.0804. The quantitative estimate of drug-likeness (QED) is 0.106. The van der Waals surface area contributed by atoms with Crippen molar-refractivity contribution >= 4 is 45.6 Å². The van der Waals surface area contributed by atoms with Crippen LogP contribution in [0.5, 0.6) is 11.5 Å². The average molecular weight is 578 g/mol. The van der Waals surface area contributed by atoms with Gasteiger partial charge in [-0.2, -0.15) is 5.10 Å². The summed E-state index contributed by atoms with van der Waals surface area (Å²) in [6, 6.07) is 26.6. The van der Waals surface area contributed by atoms with E-state index in [0.29, 0.717) is 28.5 Å². The predicted molar refractivity (Wildman–Crippen MR) is 148 cm³/mol. The Morgan fingerprint density at radius 2 is 1.70 bits per heavy atom. The lowest BCUT2D eigenvalue weighted by Crippen LogP contribution is -2.17. The second kappa shape index (κ2) is 12.3. The van der Waals surface area contributed by atoms with Crippen LogP contribution in [0.15, 0.2) is 101 Å². The zero-order valence-electron chi connectivity index (χ0n) is 19.8. The third kappa shape index (κ3) is 7.29. The molecule has 1 amide bonds. The minimum absolute atomic E-state index is 0.245. The van der Waals surface area contributed by atoms with Crippen molar-refractivity contribution in [2.24, 2.45) is 5.10 Å². The first-order valence-corrected chi connectivity index (χ1v) is 12.4. The molecule has 8 heteroatoms. The van der Waals surface area contributed by atoms with Gasteiger partial charge < -0.3 is 9.47 Å². The molecule has 0 aliphatic carbocycles. The van der Waals surface area contributed by atoms with E-state index in [1.807, 2.05) is 31.2 Å². The largest absolute Gasteiger partial charge is 0.489 e. The Morgan fingerprint density at radius 1 is 0.973 bits per heavy atom. The lowest BCUT2D eigenvalue weighted by atomic mass is 10.2. The highest BCUT2D eigenvalue weighted by Crippen LogP contribution is 2.24. The molecule has 0 radical (unpaired) electrons. The predicted octanol–water partition coefficient (Wildman–Crippen LogP) is 6.97. The number of amides is 1. The maximum atomic E-state index is 12.6. The van der Waals surface area contributed by atoms with Gasteiger partial charge in [-0.25, -0.2) is 10.2 Å². The Balaban J connectivity index is 1.37. The Bertz CT molecular complexity index is 1440. The zero-order valence-corrected chi connectivity index (χ0v) is 22.1. The number of carbonyl (C=O) groups is 2. The van der Waals surface area contributed by atoms with Crippen molar-refractivity contribution in [2.75, 3.05) is 0 Å². The molecule has 4 aromatic rings. The summed E-state index contributed by atoms with van der Waals surface area (Å²) in [7, 11) is 0. The highest BCUT2D eigenvalue weighted by atomic mass is 79.9. The lowest BCUT2D eigenvalue weighted by molar-refractivity contribution is 0.0734. The summed E-state index contributed by atoms with van der Waals surface area (Å²) in [6.07, 6.45) is 1.40. The van der Waals surface area contributed by atoms with Gasteiger partial charge in [-0.15, -0.1) is 0 Å². The van der Waals surface area contributed by atoms with Gasteiger partial charge in [-0.1, -0.05) is 69.5 Å². The van der Waals surface area contributed by atoms with Gasteiger partial charge in [0.05, 0.1) is 16.8 Å². The van der Waals surface area contributed by atoms with E-state index in [2.05, 4.69) is 26.5 Å². The van der Waals surface area contributed by atoms with E-state index in [-0.39, 0.29) is 11.3 Å². The van der Waals surface area contributed by atoms with E-state index in [4.69, 9.17) is 21.1 Å². The van der Waals surface area contributed by atoms with E-state index in [1.54, 1.807) is 66.7 Å². The second-order valence-corrected chi connectivity index (χ2v) is 9.37. The molecule has 0 saturated heterocycles. The van der Waals surface area contributed by atoms with Crippen LogP contribution in [-0.2, 0) is 6.61 Å². The van der Waals surface area contributed by atoms with E-state index in [9.17, 15) is 9.59 Å². The molecule has 4 aromatic carbocycles. The summed E-state index contributed by atoms with van der Waals surface area (Å²) in [5.41, 5.74) is 5.88. The number of aryl methyl sites for hydroxylation is 1. The smallest absolute Gasteiger partial charge is 0.345 e. The van der Waals surface area contributed by atoms with Crippen molar-refractivity contribution in [2.45, 2.75) is 13.5 Å². The molecule has 0 atom stereocenters. The molecule has 6 nitrogen and oxygen atoms in total. The first kappa shape index (κ1) is 26.1. The standard InChI is InChI=1S/C29H22BrClN2O4/c1-19-6-8-20(9-7-19)18-36-24-13-10-21(11-14-24)28(34)33-32-17-22-16-23(30)12-15-27(22)37-29(35)25-4-2-3-5-26(25)31/h2-17H,18H2,1H3,(H,33,34)/b32-17-. The van der Waals surface area contributed by atoms with Crippen LogP contribution in [0.4, 0.5) is 0 Å². The fourth-order valence-electron chi connectivity index (χ4n) is 3.27. The highest BCUT2D eigenvalue weighted by molar-refractivity contribution is 9.10. The summed E-state index contributed by atoms with van der Waals surface area (Å²) in [5, 5.41) is 4.32. The van der Waals surface area contributed by atoms with Crippen LogP contribution >= 0.6 is 27.5 Å². The molecule has 1 N–H and O–H groups in total. The van der Waals surface area contributed by atoms with Gasteiger partial charge in [-0.3, -0.25) is 4.79 Å². The number of hydrogen-bond acceptors (Lipinski definition) is 5. The van der Waals surface area contributed by atoms with Crippen LogP contribution in [0.25, 0.3) is 0 Å². The van der Waals surface area contributed by atoms with Crippen LogP contribution in [0, 0.1) is 6.92 Å². The topological polar surface area (TPSA) is 77.0 Å². The van der Waals surface area contributed by atoms with Crippen molar-refractivity contribution in [3.05, 3.63) is 128 Å². The molecule has 0 bridgehead atoms. The molecule has 0 heterocycles. The zero-order chi connectivity index (χ0) is 26.2. The average Bonchev–Trinajstić information content (AvgIpc) is 2.90. The van der Waals surface area contributed by atoms with Gasteiger partial charge in [0.15, 0.2) is 0 Å². The van der Waals surface area contributed by atoms with Crippen LogP contribution in [-0.4, -0.2) is 18.1 Å². The van der Waals surface area contributed by atoms with Crippen molar-refractivity contribution in [1.82, 2.24) is 5.43 Å². The summed E-state index contributed by atoms with van der Waals surface area (Å²) >= 11 is 9.49. The molecule has 186 valence electrons. The van der Waals surface area contributed by atoms with Crippen molar-refractivity contribution in [1.29, 1.82) is 0 Å². The van der Waals surface area contributed by atoms with Crippen molar-refractivity contribution in [3.63, 3.8) is 0 Å². The van der Waals surface area contributed by atoms with Crippen LogP contribution in [0.1, 0.15) is 37.4 Å². The number of ether oxygens (including phenoxy) is 2. The van der Waals surface area contributed by atoms with Crippen LogP contribution < -0.4 is 14.9 Å². The van der Waals surface area contributed by atoms with E-state index < -0.39 is 11.9 Å². The van der Waals surface area contributed by atoms with Crippen molar-refractivity contribution in [3.8, 4) is 11.5 Å².